The van der Waals surface area contributed by atoms with Crippen LogP contribution in [0.2, 0.25) is 5.02 Å². The maximum Gasteiger partial charge on any atom is 0.251 e. The van der Waals surface area contributed by atoms with E-state index < -0.39 is 12.5 Å². The summed E-state index contributed by atoms with van der Waals surface area (Å²) in [6, 6.07) is 6.71. The van der Waals surface area contributed by atoms with Gasteiger partial charge >= 0.3 is 0 Å². The lowest BCUT2D eigenvalue weighted by atomic mass is 10.1. The van der Waals surface area contributed by atoms with Crippen molar-refractivity contribution in [3.8, 4) is 0 Å². The minimum absolute atomic E-state index is 0.0408. The van der Waals surface area contributed by atoms with Crippen molar-refractivity contribution in [2.75, 3.05) is 13.1 Å². The highest BCUT2D eigenvalue weighted by Gasteiger charge is 2.19. The van der Waals surface area contributed by atoms with Crippen LogP contribution in [0.3, 0.4) is 0 Å². The first-order valence-electron chi connectivity index (χ1n) is 5.86. The number of benzene rings is 1. The van der Waals surface area contributed by atoms with Gasteiger partial charge in [0, 0.05) is 17.6 Å². The number of halogens is 3. The summed E-state index contributed by atoms with van der Waals surface area (Å²) >= 11 is 5.75. The molecule has 0 aliphatic carbocycles. The number of alkyl halides is 2. The predicted molar refractivity (Wildman–Crippen MR) is 69.1 cm³/mol. The van der Waals surface area contributed by atoms with Crippen molar-refractivity contribution < 1.29 is 13.9 Å². The first-order valence-corrected chi connectivity index (χ1v) is 6.23. The standard InChI is InChI=1S/C13H18ClF2NO/c1-9(2)17(8-13(15)16)7-12(18)10-3-5-11(14)6-4-10/h3-6,9,12-13,18H,7-8H2,1-2H3. The monoisotopic (exact) mass is 277 g/mol. The predicted octanol–water partition coefficient (Wildman–Crippen LogP) is 3.35. The smallest absolute Gasteiger partial charge is 0.251 e. The molecule has 0 radical (unpaired) electrons. The second-order valence-corrected chi connectivity index (χ2v) is 4.94. The molecule has 102 valence electrons. The molecule has 1 aromatic carbocycles. The van der Waals surface area contributed by atoms with Crippen LogP contribution in [0.25, 0.3) is 0 Å². The van der Waals surface area contributed by atoms with Crippen LogP contribution in [0.1, 0.15) is 25.5 Å². The fourth-order valence-corrected chi connectivity index (χ4v) is 1.81. The molecule has 0 bridgehead atoms. The highest BCUT2D eigenvalue weighted by molar-refractivity contribution is 6.30. The summed E-state index contributed by atoms with van der Waals surface area (Å²) in [7, 11) is 0. The molecule has 5 heteroatoms. The first kappa shape index (κ1) is 15.3. The van der Waals surface area contributed by atoms with Crippen LogP contribution in [0.15, 0.2) is 24.3 Å². The molecule has 0 heterocycles. The summed E-state index contributed by atoms with van der Waals surface area (Å²) in [5.41, 5.74) is 0.680. The largest absolute Gasteiger partial charge is 0.387 e. The molecule has 0 aromatic heterocycles. The molecular formula is C13H18ClF2NO. The molecule has 0 spiro atoms. The van der Waals surface area contributed by atoms with Crippen molar-refractivity contribution in [3.05, 3.63) is 34.9 Å². The van der Waals surface area contributed by atoms with E-state index in [1.165, 1.54) is 0 Å². The number of aliphatic hydroxyl groups excluding tert-OH is 1. The van der Waals surface area contributed by atoms with Gasteiger partial charge in [0.15, 0.2) is 0 Å². The molecule has 0 fully saturated rings. The van der Waals surface area contributed by atoms with Crippen LogP contribution >= 0.6 is 11.6 Å². The van der Waals surface area contributed by atoms with Crippen LogP contribution in [-0.2, 0) is 0 Å². The Hall–Kier alpha value is -0.710. The van der Waals surface area contributed by atoms with Gasteiger partial charge in [0.25, 0.3) is 6.43 Å². The minimum Gasteiger partial charge on any atom is -0.387 e. The molecule has 1 atom stereocenters. The van der Waals surface area contributed by atoms with Crippen molar-refractivity contribution in [3.63, 3.8) is 0 Å². The quantitative estimate of drug-likeness (QED) is 0.862. The van der Waals surface area contributed by atoms with E-state index in [1.807, 2.05) is 13.8 Å². The van der Waals surface area contributed by atoms with E-state index in [2.05, 4.69) is 0 Å². The molecule has 2 nitrogen and oxygen atoms in total. The maximum atomic E-state index is 12.4. The Morgan fingerprint density at radius 1 is 1.17 bits per heavy atom. The van der Waals surface area contributed by atoms with Crippen molar-refractivity contribution >= 4 is 11.6 Å². The zero-order valence-electron chi connectivity index (χ0n) is 10.5. The van der Waals surface area contributed by atoms with Gasteiger partial charge in [-0.05, 0) is 31.5 Å². The van der Waals surface area contributed by atoms with Crippen LogP contribution in [0.5, 0.6) is 0 Å². The third kappa shape index (κ3) is 4.88. The number of rotatable bonds is 6. The van der Waals surface area contributed by atoms with Crippen molar-refractivity contribution in [1.29, 1.82) is 0 Å². The van der Waals surface area contributed by atoms with Gasteiger partial charge in [-0.2, -0.15) is 0 Å². The highest BCUT2D eigenvalue weighted by atomic mass is 35.5. The van der Waals surface area contributed by atoms with Gasteiger partial charge in [-0.1, -0.05) is 23.7 Å². The Bertz CT molecular complexity index is 357. The summed E-state index contributed by atoms with van der Waals surface area (Å²) in [4.78, 5) is 1.56. The van der Waals surface area contributed by atoms with Gasteiger partial charge in [0.05, 0.1) is 12.6 Å². The molecule has 0 saturated carbocycles. The van der Waals surface area contributed by atoms with Gasteiger partial charge in [0.2, 0.25) is 0 Å². The Morgan fingerprint density at radius 3 is 2.17 bits per heavy atom. The highest BCUT2D eigenvalue weighted by Crippen LogP contribution is 2.18. The summed E-state index contributed by atoms with van der Waals surface area (Å²) in [5.74, 6) is 0. The minimum atomic E-state index is -2.40. The van der Waals surface area contributed by atoms with E-state index in [4.69, 9.17) is 11.6 Å². The summed E-state index contributed by atoms with van der Waals surface area (Å²) < 4.78 is 24.8. The average Bonchev–Trinajstić information content (AvgIpc) is 2.28. The summed E-state index contributed by atoms with van der Waals surface area (Å²) in [6.07, 6.45) is -3.19. The second kappa shape index (κ2) is 7.02. The normalized spacial score (nSPS) is 13.6. The van der Waals surface area contributed by atoms with E-state index in [1.54, 1.807) is 29.2 Å². The zero-order chi connectivity index (χ0) is 13.7. The van der Waals surface area contributed by atoms with Gasteiger partial charge in [0.1, 0.15) is 0 Å². The fourth-order valence-electron chi connectivity index (χ4n) is 1.69. The first-order chi connectivity index (χ1) is 8.40. The van der Waals surface area contributed by atoms with Crippen molar-refractivity contribution in [2.24, 2.45) is 0 Å². The molecule has 1 unspecified atom stereocenters. The average molecular weight is 278 g/mol. The molecule has 18 heavy (non-hydrogen) atoms. The number of hydrogen-bond acceptors (Lipinski definition) is 2. The fraction of sp³-hybridized carbons (Fsp3) is 0.538. The van der Waals surface area contributed by atoms with Gasteiger partial charge in [-0.3, -0.25) is 4.90 Å². The molecule has 0 saturated heterocycles. The van der Waals surface area contributed by atoms with Gasteiger partial charge < -0.3 is 5.11 Å². The Morgan fingerprint density at radius 2 is 1.72 bits per heavy atom. The van der Waals surface area contributed by atoms with Crippen molar-refractivity contribution in [1.82, 2.24) is 4.90 Å². The Kier molecular flexibility index (Phi) is 5.99. The molecule has 1 N–H and O–H groups in total. The number of nitrogens with zero attached hydrogens (tertiary/aromatic N) is 1. The summed E-state index contributed by atoms with van der Waals surface area (Å²) in [6.45, 7) is 3.51. The maximum absolute atomic E-state index is 12.4. The van der Waals surface area contributed by atoms with Crippen molar-refractivity contribution in [2.45, 2.75) is 32.4 Å². The molecule has 0 amide bonds. The molecule has 0 aliphatic rings. The van der Waals surface area contributed by atoms with Gasteiger partial charge in [-0.25, -0.2) is 8.78 Å². The number of hydrogen-bond donors (Lipinski definition) is 1. The topological polar surface area (TPSA) is 23.5 Å². The Labute approximate surface area is 111 Å². The van der Waals surface area contributed by atoms with Crippen LogP contribution in [0, 0.1) is 0 Å². The lowest BCUT2D eigenvalue weighted by molar-refractivity contribution is 0.0390. The Balaban J connectivity index is 2.65. The SMILES string of the molecule is CC(C)N(CC(F)F)CC(O)c1ccc(Cl)cc1. The summed E-state index contributed by atoms with van der Waals surface area (Å²) in [5, 5.41) is 10.6. The molecule has 0 aliphatic heterocycles. The van der Waals surface area contributed by atoms with Gasteiger partial charge in [-0.15, -0.1) is 0 Å². The van der Waals surface area contributed by atoms with E-state index in [9.17, 15) is 13.9 Å². The van der Waals surface area contributed by atoms with E-state index in [0.717, 1.165) is 0 Å². The number of aliphatic hydroxyl groups is 1. The van der Waals surface area contributed by atoms with E-state index in [0.29, 0.717) is 10.6 Å². The molecule has 1 rings (SSSR count). The van der Waals surface area contributed by atoms with Crippen LogP contribution in [0.4, 0.5) is 8.78 Å². The van der Waals surface area contributed by atoms with E-state index >= 15 is 0 Å². The molecule has 1 aromatic rings. The third-order valence-corrected chi connectivity index (χ3v) is 3.02. The third-order valence-electron chi connectivity index (χ3n) is 2.77. The lowest BCUT2D eigenvalue weighted by Crippen LogP contribution is -2.38. The second-order valence-electron chi connectivity index (χ2n) is 4.51. The van der Waals surface area contributed by atoms with Crippen LogP contribution < -0.4 is 0 Å². The van der Waals surface area contributed by atoms with Crippen LogP contribution in [-0.4, -0.2) is 35.6 Å². The van der Waals surface area contributed by atoms with E-state index in [-0.39, 0.29) is 19.1 Å². The lowest BCUT2D eigenvalue weighted by Gasteiger charge is -2.28. The molecular weight excluding hydrogens is 260 g/mol. The zero-order valence-corrected chi connectivity index (χ0v) is 11.2.